The second kappa shape index (κ2) is 6.76. The van der Waals surface area contributed by atoms with Crippen LogP contribution >= 0.6 is 0 Å². The average Bonchev–Trinajstić information content (AvgIpc) is 3.12. The van der Waals surface area contributed by atoms with Crippen molar-refractivity contribution in [1.82, 2.24) is 14.9 Å². The maximum Gasteiger partial charge on any atom is 0.248 e. The highest BCUT2D eigenvalue weighted by Crippen LogP contribution is 2.17. The zero-order valence-electron chi connectivity index (χ0n) is 14.1. The summed E-state index contributed by atoms with van der Waals surface area (Å²) in [4.78, 5) is 12.2. The lowest BCUT2D eigenvalue weighted by Crippen LogP contribution is -2.31. The molecule has 0 aliphatic heterocycles. The summed E-state index contributed by atoms with van der Waals surface area (Å²) in [6.07, 6.45) is 0. The van der Waals surface area contributed by atoms with Crippen molar-refractivity contribution in [2.24, 2.45) is 0 Å². The van der Waals surface area contributed by atoms with Gasteiger partial charge in [-0.2, -0.15) is 5.10 Å². The van der Waals surface area contributed by atoms with Crippen LogP contribution in [0.15, 0.2) is 40.9 Å². The number of aryl methyl sites for hydroxylation is 2. The molecule has 25 heavy (non-hydrogen) atoms. The lowest BCUT2D eigenvalue weighted by molar-refractivity contribution is -0.116. The van der Waals surface area contributed by atoms with E-state index in [1.807, 2.05) is 6.92 Å². The first kappa shape index (κ1) is 16.7. The zero-order valence-corrected chi connectivity index (χ0v) is 14.1. The Balaban J connectivity index is 1.70. The van der Waals surface area contributed by atoms with Gasteiger partial charge < -0.3 is 9.84 Å². The molecule has 0 unspecified atom stereocenters. The highest BCUT2D eigenvalue weighted by atomic mass is 19.1. The molecule has 0 saturated heterocycles. The fraction of sp³-hybridized carbons (Fsp3) is 0.235. The van der Waals surface area contributed by atoms with Gasteiger partial charge in [-0.05, 0) is 39.0 Å². The molecule has 0 bridgehead atoms. The number of benzene rings is 1. The third-order valence-electron chi connectivity index (χ3n) is 3.57. The Morgan fingerprint density at radius 2 is 2.08 bits per heavy atom. The van der Waals surface area contributed by atoms with E-state index in [2.05, 4.69) is 20.9 Å². The summed E-state index contributed by atoms with van der Waals surface area (Å²) >= 11 is 0. The number of hydrogen-bond acceptors (Lipinski definition) is 5. The SMILES string of the molecule is Cc1cc(NC(=O)[C@@H](C)Nc2cc(C)n(-c3cccc(F)c3)n2)on1. The molecule has 0 spiro atoms. The van der Waals surface area contributed by atoms with Gasteiger partial charge in [-0.25, -0.2) is 9.07 Å². The molecule has 2 aromatic heterocycles. The predicted molar refractivity (Wildman–Crippen MR) is 91.2 cm³/mol. The molecule has 1 aromatic carbocycles. The van der Waals surface area contributed by atoms with Crippen molar-refractivity contribution in [3.8, 4) is 5.69 Å². The fourth-order valence-corrected chi connectivity index (χ4v) is 2.35. The van der Waals surface area contributed by atoms with E-state index in [1.54, 1.807) is 42.8 Å². The summed E-state index contributed by atoms with van der Waals surface area (Å²) in [6, 6.07) is 9.01. The first-order valence-electron chi connectivity index (χ1n) is 7.76. The van der Waals surface area contributed by atoms with E-state index in [0.29, 0.717) is 17.2 Å². The van der Waals surface area contributed by atoms with Crippen LogP contribution in [-0.4, -0.2) is 26.9 Å². The van der Waals surface area contributed by atoms with Gasteiger partial charge in [-0.3, -0.25) is 10.1 Å². The third kappa shape index (κ3) is 3.85. The molecule has 0 aliphatic rings. The average molecular weight is 343 g/mol. The van der Waals surface area contributed by atoms with E-state index in [9.17, 15) is 9.18 Å². The Morgan fingerprint density at radius 3 is 2.76 bits per heavy atom. The Kier molecular flexibility index (Phi) is 4.51. The summed E-state index contributed by atoms with van der Waals surface area (Å²) in [7, 11) is 0. The number of hydrogen-bond donors (Lipinski definition) is 2. The van der Waals surface area contributed by atoms with Crippen molar-refractivity contribution >= 4 is 17.6 Å². The molecule has 0 aliphatic carbocycles. The van der Waals surface area contributed by atoms with Crippen LogP contribution in [0.3, 0.4) is 0 Å². The first-order chi connectivity index (χ1) is 11.9. The van der Waals surface area contributed by atoms with Crippen molar-refractivity contribution in [3.05, 3.63) is 53.6 Å². The Labute approximate surface area is 143 Å². The zero-order chi connectivity index (χ0) is 18.0. The van der Waals surface area contributed by atoms with Crippen LogP contribution in [-0.2, 0) is 4.79 Å². The molecule has 2 N–H and O–H groups in total. The molecule has 7 nitrogen and oxygen atoms in total. The topological polar surface area (TPSA) is 85.0 Å². The normalized spacial score (nSPS) is 12.0. The molecule has 8 heteroatoms. The maximum atomic E-state index is 13.4. The van der Waals surface area contributed by atoms with Gasteiger partial charge in [0.25, 0.3) is 0 Å². The van der Waals surface area contributed by atoms with E-state index in [-0.39, 0.29) is 17.6 Å². The smallest absolute Gasteiger partial charge is 0.248 e. The molecule has 0 radical (unpaired) electrons. The minimum absolute atomic E-state index is 0.283. The molecular weight excluding hydrogens is 325 g/mol. The minimum atomic E-state index is -0.555. The number of aromatic nitrogens is 3. The van der Waals surface area contributed by atoms with Gasteiger partial charge in [0, 0.05) is 17.8 Å². The number of rotatable bonds is 5. The first-order valence-corrected chi connectivity index (χ1v) is 7.76. The van der Waals surface area contributed by atoms with Crippen molar-refractivity contribution in [3.63, 3.8) is 0 Å². The fourth-order valence-electron chi connectivity index (χ4n) is 2.35. The largest absolute Gasteiger partial charge is 0.357 e. The number of nitrogens with zero attached hydrogens (tertiary/aromatic N) is 3. The van der Waals surface area contributed by atoms with Gasteiger partial charge in [0.15, 0.2) is 0 Å². The summed E-state index contributed by atoms with van der Waals surface area (Å²) in [5.41, 5.74) is 2.10. The molecule has 130 valence electrons. The summed E-state index contributed by atoms with van der Waals surface area (Å²) in [5.74, 6) is 0.182. The predicted octanol–water partition coefficient (Wildman–Crippen LogP) is 3.06. The number of amides is 1. The quantitative estimate of drug-likeness (QED) is 0.744. The maximum absolute atomic E-state index is 13.4. The van der Waals surface area contributed by atoms with Gasteiger partial charge in [-0.15, -0.1) is 0 Å². The molecule has 3 rings (SSSR count). The van der Waals surface area contributed by atoms with Crippen LogP contribution in [0.5, 0.6) is 0 Å². The Bertz CT molecular complexity index is 902. The lowest BCUT2D eigenvalue weighted by atomic mass is 10.3. The van der Waals surface area contributed by atoms with Crippen molar-refractivity contribution in [1.29, 1.82) is 0 Å². The monoisotopic (exact) mass is 343 g/mol. The van der Waals surface area contributed by atoms with Gasteiger partial charge in [0.2, 0.25) is 11.8 Å². The number of carbonyl (C=O) groups is 1. The summed E-state index contributed by atoms with van der Waals surface area (Å²) in [5, 5.41) is 13.7. The van der Waals surface area contributed by atoms with Crippen LogP contribution in [0, 0.1) is 19.7 Å². The number of halogens is 1. The van der Waals surface area contributed by atoms with Crippen LogP contribution in [0.4, 0.5) is 16.1 Å². The standard InChI is InChI=1S/C17H18FN5O2/c1-10-7-16(25-22-10)20-17(24)12(3)19-15-8-11(2)23(21-15)14-6-4-5-13(18)9-14/h4-9,12H,1-3H3,(H,19,21)(H,20,24)/t12-/m1/s1. The minimum Gasteiger partial charge on any atom is -0.357 e. The molecule has 1 atom stereocenters. The van der Waals surface area contributed by atoms with E-state index >= 15 is 0 Å². The van der Waals surface area contributed by atoms with Gasteiger partial charge in [0.05, 0.1) is 11.4 Å². The molecule has 1 amide bonds. The number of anilines is 2. The molecular formula is C17H18FN5O2. The van der Waals surface area contributed by atoms with Crippen LogP contribution in [0.2, 0.25) is 0 Å². The second-order valence-electron chi connectivity index (χ2n) is 5.75. The van der Waals surface area contributed by atoms with Crippen molar-refractivity contribution in [2.75, 3.05) is 10.6 Å². The molecule has 2 heterocycles. The lowest BCUT2D eigenvalue weighted by Gasteiger charge is -2.11. The van der Waals surface area contributed by atoms with E-state index in [4.69, 9.17) is 4.52 Å². The third-order valence-corrected chi connectivity index (χ3v) is 3.57. The van der Waals surface area contributed by atoms with Crippen LogP contribution in [0.1, 0.15) is 18.3 Å². The van der Waals surface area contributed by atoms with Gasteiger partial charge in [-0.1, -0.05) is 11.2 Å². The van der Waals surface area contributed by atoms with E-state index in [1.165, 1.54) is 12.1 Å². The number of carbonyl (C=O) groups excluding carboxylic acids is 1. The highest BCUT2D eigenvalue weighted by molar-refractivity contribution is 5.95. The van der Waals surface area contributed by atoms with Crippen LogP contribution in [0.25, 0.3) is 5.69 Å². The Hall–Kier alpha value is -3.16. The Morgan fingerprint density at radius 1 is 1.28 bits per heavy atom. The molecule has 0 fully saturated rings. The van der Waals surface area contributed by atoms with Gasteiger partial charge >= 0.3 is 0 Å². The highest BCUT2D eigenvalue weighted by Gasteiger charge is 2.17. The molecule has 3 aromatic rings. The summed E-state index contributed by atoms with van der Waals surface area (Å²) < 4.78 is 20.0. The number of nitrogens with one attached hydrogen (secondary N) is 2. The van der Waals surface area contributed by atoms with Crippen molar-refractivity contribution in [2.45, 2.75) is 26.8 Å². The molecule has 0 saturated carbocycles. The van der Waals surface area contributed by atoms with E-state index < -0.39 is 6.04 Å². The van der Waals surface area contributed by atoms with Crippen molar-refractivity contribution < 1.29 is 13.7 Å². The van der Waals surface area contributed by atoms with E-state index in [0.717, 1.165) is 5.69 Å². The van der Waals surface area contributed by atoms with Crippen LogP contribution < -0.4 is 10.6 Å². The second-order valence-corrected chi connectivity index (χ2v) is 5.75. The summed E-state index contributed by atoms with van der Waals surface area (Å²) in [6.45, 7) is 5.32. The van der Waals surface area contributed by atoms with Gasteiger partial charge in [0.1, 0.15) is 17.7 Å².